The van der Waals surface area contributed by atoms with E-state index in [1.807, 2.05) is 6.07 Å². The Bertz CT molecular complexity index is 633. The largest absolute Gasteiger partial charge is 0.393 e. The molecule has 1 saturated carbocycles. The number of carbonyl (C=O) groups excluding carboxylic acids is 1. The summed E-state index contributed by atoms with van der Waals surface area (Å²) in [5.74, 6) is -0.138. The number of nitrogens with zero attached hydrogens (tertiary/aromatic N) is 1. The van der Waals surface area contributed by atoms with Gasteiger partial charge < -0.3 is 5.11 Å². The number of nitro benzene ring substituents is 1. The second-order valence-electron chi connectivity index (χ2n) is 5.08. The zero-order chi connectivity index (χ0) is 15.9. The Hall–Kier alpha value is -2.53. The topological polar surface area (TPSA) is 80.4 Å². The lowest BCUT2D eigenvalue weighted by Crippen LogP contribution is -2.15. The van der Waals surface area contributed by atoms with Crippen LogP contribution in [0.1, 0.15) is 35.2 Å². The fourth-order valence-electron chi connectivity index (χ4n) is 1.88. The predicted octanol–water partition coefficient (Wildman–Crippen LogP) is 3.36. The Morgan fingerprint density at radius 1 is 1.00 bits per heavy atom. The Morgan fingerprint density at radius 3 is 1.91 bits per heavy atom. The molecule has 1 aliphatic carbocycles. The van der Waals surface area contributed by atoms with E-state index in [0.717, 1.165) is 12.8 Å². The van der Waals surface area contributed by atoms with Crippen molar-refractivity contribution in [3.05, 3.63) is 75.8 Å². The van der Waals surface area contributed by atoms with Crippen molar-refractivity contribution in [1.29, 1.82) is 0 Å². The summed E-state index contributed by atoms with van der Waals surface area (Å²) in [6, 6.07) is 14.4. The lowest BCUT2D eigenvalue weighted by molar-refractivity contribution is -0.384. The molecule has 0 unspecified atom stereocenters. The third kappa shape index (κ3) is 4.23. The van der Waals surface area contributed by atoms with Gasteiger partial charge in [0.2, 0.25) is 0 Å². The number of aliphatic hydroxyl groups excluding tert-OH is 1. The van der Waals surface area contributed by atoms with Crippen LogP contribution < -0.4 is 0 Å². The lowest BCUT2D eigenvalue weighted by Gasteiger charge is -2.17. The van der Waals surface area contributed by atoms with Crippen molar-refractivity contribution in [3.8, 4) is 0 Å². The van der Waals surface area contributed by atoms with E-state index in [4.69, 9.17) is 5.11 Å². The molecule has 1 fully saturated rings. The SMILES string of the molecule is O=C(c1ccccc1)c1ccc([N+](=O)[O-])cc1.OC1CCC1. The first-order valence-corrected chi connectivity index (χ1v) is 7.10. The van der Waals surface area contributed by atoms with Crippen LogP contribution in [0.4, 0.5) is 5.69 Å². The van der Waals surface area contributed by atoms with E-state index in [1.165, 1.54) is 30.7 Å². The fourth-order valence-corrected chi connectivity index (χ4v) is 1.88. The molecule has 0 saturated heterocycles. The Balaban J connectivity index is 0.000000299. The second kappa shape index (κ2) is 7.47. The van der Waals surface area contributed by atoms with Gasteiger partial charge in [-0.25, -0.2) is 0 Å². The van der Waals surface area contributed by atoms with Crippen molar-refractivity contribution in [1.82, 2.24) is 0 Å². The molecule has 3 rings (SSSR count). The van der Waals surface area contributed by atoms with Crippen molar-refractivity contribution in [3.63, 3.8) is 0 Å². The quantitative estimate of drug-likeness (QED) is 0.535. The summed E-state index contributed by atoms with van der Waals surface area (Å²) < 4.78 is 0. The maximum Gasteiger partial charge on any atom is 0.269 e. The highest BCUT2D eigenvalue weighted by molar-refractivity contribution is 6.09. The standard InChI is InChI=1S/C13H9NO3.C4H8O/c15-13(10-4-2-1-3-5-10)11-6-8-12(9-7-11)14(16)17;5-4-2-1-3-4/h1-9H;4-5H,1-3H2. The van der Waals surface area contributed by atoms with Crippen LogP contribution in [0.3, 0.4) is 0 Å². The third-order valence-corrected chi connectivity index (χ3v) is 3.45. The molecule has 0 amide bonds. The molecule has 5 heteroatoms. The Kier molecular flexibility index (Phi) is 5.38. The van der Waals surface area contributed by atoms with Gasteiger partial charge in [-0.2, -0.15) is 0 Å². The molecule has 0 aromatic heterocycles. The smallest absolute Gasteiger partial charge is 0.269 e. The highest BCUT2D eigenvalue weighted by Crippen LogP contribution is 2.16. The molecular formula is C17H17NO4. The molecule has 0 bridgehead atoms. The summed E-state index contributed by atoms with van der Waals surface area (Å²) in [4.78, 5) is 21.9. The van der Waals surface area contributed by atoms with Gasteiger partial charge in [-0.05, 0) is 31.4 Å². The number of aliphatic hydroxyl groups is 1. The van der Waals surface area contributed by atoms with Crippen molar-refractivity contribution in [2.75, 3.05) is 0 Å². The van der Waals surface area contributed by atoms with Gasteiger partial charge in [-0.1, -0.05) is 30.3 Å². The summed E-state index contributed by atoms with van der Waals surface area (Å²) in [6.45, 7) is 0. The van der Waals surface area contributed by atoms with Crippen molar-refractivity contribution in [2.45, 2.75) is 25.4 Å². The van der Waals surface area contributed by atoms with Crippen LogP contribution in [0.15, 0.2) is 54.6 Å². The van der Waals surface area contributed by atoms with Crippen LogP contribution >= 0.6 is 0 Å². The minimum atomic E-state index is -0.489. The summed E-state index contributed by atoms with van der Waals surface area (Å²) >= 11 is 0. The third-order valence-electron chi connectivity index (χ3n) is 3.45. The van der Waals surface area contributed by atoms with Crippen LogP contribution in [0.2, 0.25) is 0 Å². The number of carbonyl (C=O) groups is 1. The number of hydrogen-bond acceptors (Lipinski definition) is 4. The number of hydrogen-bond donors (Lipinski definition) is 1. The molecule has 1 aliphatic rings. The van der Waals surface area contributed by atoms with E-state index >= 15 is 0 Å². The number of rotatable bonds is 3. The highest BCUT2D eigenvalue weighted by atomic mass is 16.6. The summed E-state index contributed by atoms with van der Waals surface area (Å²) in [5.41, 5.74) is 0.998. The molecule has 2 aromatic rings. The fraction of sp³-hybridized carbons (Fsp3) is 0.235. The molecule has 0 heterocycles. The molecule has 0 aliphatic heterocycles. The normalized spacial score (nSPS) is 13.5. The van der Waals surface area contributed by atoms with Crippen LogP contribution in [0, 0.1) is 10.1 Å². The van der Waals surface area contributed by atoms with E-state index < -0.39 is 4.92 Å². The van der Waals surface area contributed by atoms with Gasteiger partial charge in [0.1, 0.15) is 0 Å². The van der Waals surface area contributed by atoms with Crippen LogP contribution in [0.25, 0.3) is 0 Å². The van der Waals surface area contributed by atoms with E-state index in [2.05, 4.69) is 0 Å². The lowest BCUT2D eigenvalue weighted by atomic mass is 9.97. The zero-order valence-electron chi connectivity index (χ0n) is 12.0. The van der Waals surface area contributed by atoms with Crippen molar-refractivity contribution in [2.24, 2.45) is 0 Å². The molecule has 2 aromatic carbocycles. The Morgan fingerprint density at radius 2 is 1.50 bits per heavy atom. The van der Waals surface area contributed by atoms with E-state index in [1.54, 1.807) is 24.3 Å². The summed E-state index contributed by atoms with van der Waals surface area (Å²) in [5, 5.41) is 18.9. The minimum absolute atomic E-state index is 0.0189. The first-order valence-electron chi connectivity index (χ1n) is 7.10. The zero-order valence-corrected chi connectivity index (χ0v) is 12.0. The maximum atomic E-state index is 12.0. The minimum Gasteiger partial charge on any atom is -0.393 e. The molecule has 22 heavy (non-hydrogen) atoms. The molecule has 1 N–H and O–H groups in total. The van der Waals surface area contributed by atoms with Gasteiger partial charge in [0.15, 0.2) is 5.78 Å². The van der Waals surface area contributed by atoms with Gasteiger partial charge >= 0.3 is 0 Å². The number of nitro groups is 1. The summed E-state index contributed by atoms with van der Waals surface area (Å²) in [7, 11) is 0. The van der Waals surface area contributed by atoms with Gasteiger partial charge in [0.25, 0.3) is 5.69 Å². The molecule has 0 spiro atoms. The van der Waals surface area contributed by atoms with E-state index in [-0.39, 0.29) is 17.6 Å². The average Bonchev–Trinajstić information content (AvgIpc) is 2.54. The number of benzene rings is 2. The van der Waals surface area contributed by atoms with Crippen LogP contribution in [-0.2, 0) is 0 Å². The van der Waals surface area contributed by atoms with Crippen LogP contribution in [-0.4, -0.2) is 21.9 Å². The van der Waals surface area contributed by atoms with E-state index in [0.29, 0.717) is 11.1 Å². The summed E-state index contributed by atoms with van der Waals surface area (Å²) in [6.07, 6.45) is 3.39. The molecule has 5 nitrogen and oxygen atoms in total. The number of ketones is 1. The van der Waals surface area contributed by atoms with E-state index in [9.17, 15) is 14.9 Å². The van der Waals surface area contributed by atoms with Gasteiger partial charge in [0.05, 0.1) is 11.0 Å². The molecular weight excluding hydrogens is 282 g/mol. The predicted molar refractivity (Wildman–Crippen MR) is 82.8 cm³/mol. The molecule has 0 atom stereocenters. The average molecular weight is 299 g/mol. The first-order chi connectivity index (χ1) is 10.6. The second-order valence-corrected chi connectivity index (χ2v) is 5.08. The Labute approximate surface area is 128 Å². The van der Waals surface area contributed by atoms with Gasteiger partial charge in [0, 0.05) is 23.3 Å². The van der Waals surface area contributed by atoms with Crippen LogP contribution in [0.5, 0.6) is 0 Å². The van der Waals surface area contributed by atoms with Gasteiger partial charge in [-0.15, -0.1) is 0 Å². The van der Waals surface area contributed by atoms with Crippen molar-refractivity contribution >= 4 is 11.5 Å². The molecule has 0 radical (unpaired) electrons. The maximum absolute atomic E-state index is 12.0. The molecule has 114 valence electrons. The highest BCUT2D eigenvalue weighted by Gasteiger charge is 2.12. The monoisotopic (exact) mass is 299 g/mol. The number of non-ortho nitro benzene ring substituents is 1. The van der Waals surface area contributed by atoms with Gasteiger partial charge in [-0.3, -0.25) is 14.9 Å². The first kappa shape index (κ1) is 15.9. The van der Waals surface area contributed by atoms with Crippen molar-refractivity contribution < 1.29 is 14.8 Å².